The molecule has 0 radical (unpaired) electrons. The Morgan fingerprint density at radius 3 is 2.39 bits per heavy atom. The highest BCUT2D eigenvalue weighted by molar-refractivity contribution is 8.26. The highest BCUT2D eigenvalue weighted by Gasteiger charge is 2.32. The SMILES string of the molecule is COc1cc(/C=C2\SC(=S)N(Cc3ccc(C)cc3)C2=O)ccc1OCc1ccc(Cl)cc1. The molecule has 1 saturated heterocycles. The Kier molecular flexibility index (Phi) is 7.38. The molecule has 1 amide bonds. The third kappa shape index (κ3) is 5.77. The minimum absolute atomic E-state index is 0.0902. The van der Waals surface area contributed by atoms with Gasteiger partial charge in [-0.25, -0.2) is 0 Å². The lowest BCUT2D eigenvalue weighted by Gasteiger charge is -2.14. The van der Waals surface area contributed by atoms with Crippen molar-refractivity contribution in [3.05, 3.63) is 98.9 Å². The summed E-state index contributed by atoms with van der Waals surface area (Å²) in [5, 5.41) is 0.685. The molecular weight excluding hydrogens is 474 g/mol. The molecule has 0 atom stereocenters. The fraction of sp³-hybridized carbons (Fsp3) is 0.154. The molecule has 0 saturated carbocycles. The average Bonchev–Trinajstić information content (AvgIpc) is 3.07. The van der Waals surface area contributed by atoms with E-state index in [1.54, 1.807) is 12.0 Å². The molecule has 3 aromatic rings. The molecule has 0 N–H and O–H groups in total. The van der Waals surface area contributed by atoms with Crippen molar-refractivity contribution >= 4 is 51.9 Å². The summed E-state index contributed by atoms with van der Waals surface area (Å²) in [6.45, 7) is 2.89. The van der Waals surface area contributed by atoms with Crippen LogP contribution in [0.2, 0.25) is 5.02 Å². The maximum absolute atomic E-state index is 13.0. The molecule has 33 heavy (non-hydrogen) atoms. The standard InChI is InChI=1S/C26H22ClNO3S2/c1-17-3-5-18(6-4-17)15-28-25(29)24(33-26(28)32)14-20-9-12-22(23(13-20)30-2)31-16-19-7-10-21(27)11-8-19/h3-14H,15-16H2,1-2H3/b24-14-. The molecule has 4 rings (SSSR count). The molecule has 0 spiro atoms. The van der Waals surface area contributed by atoms with Crippen molar-refractivity contribution in [1.29, 1.82) is 0 Å². The van der Waals surface area contributed by atoms with E-state index >= 15 is 0 Å². The Morgan fingerprint density at radius 1 is 1.00 bits per heavy atom. The summed E-state index contributed by atoms with van der Waals surface area (Å²) in [6, 6.07) is 21.2. The zero-order valence-corrected chi connectivity index (χ0v) is 20.6. The number of carbonyl (C=O) groups is 1. The summed E-state index contributed by atoms with van der Waals surface area (Å²) in [4.78, 5) is 15.2. The smallest absolute Gasteiger partial charge is 0.266 e. The van der Waals surface area contributed by atoms with Crippen LogP contribution in [0.5, 0.6) is 11.5 Å². The predicted molar refractivity (Wildman–Crippen MR) is 139 cm³/mol. The average molecular weight is 496 g/mol. The zero-order chi connectivity index (χ0) is 23.4. The predicted octanol–water partition coefficient (Wildman–Crippen LogP) is 6.64. The van der Waals surface area contributed by atoms with Crippen LogP contribution >= 0.6 is 35.6 Å². The van der Waals surface area contributed by atoms with Gasteiger partial charge in [-0.15, -0.1) is 0 Å². The van der Waals surface area contributed by atoms with Crippen molar-refractivity contribution in [3.63, 3.8) is 0 Å². The fourth-order valence-electron chi connectivity index (χ4n) is 3.30. The second kappa shape index (κ2) is 10.4. The van der Waals surface area contributed by atoms with E-state index in [9.17, 15) is 4.79 Å². The van der Waals surface area contributed by atoms with Gasteiger partial charge in [0, 0.05) is 5.02 Å². The Labute approximate surface area is 208 Å². The number of methoxy groups -OCH3 is 1. The van der Waals surface area contributed by atoms with Gasteiger partial charge in [0.2, 0.25) is 0 Å². The second-order valence-electron chi connectivity index (χ2n) is 7.58. The normalized spacial score (nSPS) is 14.8. The quantitative estimate of drug-likeness (QED) is 0.271. The molecule has 0 aromatic heterocycles. The van der Waals surface area contributed by atoms with Gasteiger partial charge in [0.05, 0.1) is 18.6 Å². The van der Waals surface area contributed by atoms with E-state index in [1.807, 2.05) is 79.7 Å². The molecule has 1 aliphatic heterocycles. The number of benzene rings is 3. The Bertz CT molecular complexity index is 1210. The van der Waals surface area contributed by atoms with Gasteiger partial charge >= 0.3 is 0 Å². The van der Waals surface area contributed by atoms with Crippen LogP contribution in [0.3, 0.4) is 0 Å². The Hall–Kier alpha value is -2.80. The molecule has 1 fully saturated rings. The molecule has 168 valence electrons. The maximum atomic E-state index is 13.0. The van der Waals surface area contributed by atoms with Gasteiger partial charge in [0.15, 0.2) is 11.5 Å². The van der Waals surface area contributed by atoms with Crippen LogP contribution in [0.1, 0.15) is 22.3 Å². The van der Waals surface area contributed by atoms with Gasteiger partial charge in [-0.3, -0.25) is 9.69 Å². The Morgan fingerprint density at radius 2 is 1.70 bits per heavy atom. The number of carbonyl (C=O) groups excluding carboxylic acids is 1. The third-order valence-corrected chi connectivity index (χ3v) is 6.76. The maximum Gasteiger partial charge on any atom is 0.266 e. The van der Waals surface area contributed by atoms with Gasteiger partial charge in [-0.05, 0) is 54.0 Å². The van der Waals surface area contributed by atoms with E-state index in [2.05, 4.69) is 0 Å². The fourth-order valence-corrected chi connectivity index (χ4v) is 4.68. The monoisotopic (exact) mass is 495 g/mol. The van der Waals surface area contributed by atoms with E-state index < -0.39 is 0 Å². The molecule has 0 aliphatic carbocycles. The van der Waals surface area contributed by atoms with Crippen LogP contribution in [0.4, 0.5) is 0 Å². The summed E-state index contributed by atoms with van der Waals surface area (Å²) in [5.74, 6) is 1.12. The third-order valence-electron chi connectivity index (χ3n) is 5.13. The zero-order valence-electron chi connectivity index (χ0n) is 18.2. The van der Waals surface area contributed by atoms with Crippen LogP contribution in [-0.4, -0.2) is 22.2 Å². The summed E-state index contributed by atoms with van der Waals surface area (Å²) >= 11 is 12.7. The van der Waals surface area contributed by atoms with Crippen molar-refractivity contribution in [2.24, 2.45) is 0 Å². The topological polar surface area (TPSA) is 38.8 Å². The van der Waals surface area contributed by atoms with Gasteiger partial charge < -0.3 is 9.47 Å². The minimum Gasteiger partial charge on any atom is -0.493 e. The first-order valence-electron chi connectivity index (χ1n) is 10.3. The first-order chi connectivity index (χ1) is 15.9. The number of hydrogen-bond donors (Lipinski definition) is 0. The largest absolute Gasteiger partial charge is 0.493 e. The van der Waals surface area contributed by atoms with Crippen molar-refractivity contribution in [2.75, 3.05) is 7.11 Å². The first-order valence-corrected chi connectivity index (χ1v) is 11.9. The van der Waals surface area contributed by atoms with E-state index in [1.165, 1.54) is 17.3 Å². The van der Waals surface area contributed by atoms with E-state index in [-0.39, 0.29) is 5.91 Å². The van der Waals surface area contributed by atoms with Crippen LogP contribution < -0.4 is 9.47 Å². The molecule has 3 aromatic carbocycles. The number of nitrogens with zero attached hydrogens (tertiary/aromatic N) is 1. The summed E-state index contributed by atoms with van der Waals surface area (Å²) in [6.07, 6.45) is 1.83. The van der Waals surface area contributed by atoms with Gasteiger partial charge in [-0.2, -0.15) is 0 Å². The number of amides is 1. The lowest BCUT2D eigenvalue weighted by molar-refractivity contribution is -0.122. The van der Waals surface area contributed by atoms with Crippen molar-refractivity contribution in [3.8, 4) is 11.5 Å². The highest BCUT2D eigenvalue weighted by Crippen LogP contribution is 2.35. The van der Waals surface area contributed by atoms with E-state index in [4.69, 9.17) is 33.3 Å². The number of aryl methyl sites for hydroxylation is 1. The van der Waals surface area contributed by atoms with Crippen LogP contribution in [0.25, 0.3) is 6.08 Å². The number of rotatable bonds is 7. The molecule has 4 nitrogen and oxygen atoms in total. The van der Waals surface area contributed by atoms with Crippen LogP contribution in [-0.2, 0) is 17.9 Å². The van der Waals surface area contributed by atoms with E-state index in [0.717, 1.165) is 16.7 Å². The highest BCUT2D eigenvalue weighted by atomic mass is 35.5. The number of hydrogen-bond acceptors (Lipinski definition) is 5. The van der Waals surface area contributed by atoms with Crippen LogP contribution in [0, 0.1) is 6.92 Å². The summed E-state index contributed by atoms with van der Waals surface area (Å²) in [5.41, 5.74) is 4.06. The van der Waals surface area contributed by atoms with Gasteiger partial charge in [-0.1, -0.05) is 83.6 Å². The lowest BCUT2D eigenvalue weighted by atomic mass is 10.1. The Balaban J connectivity index is 1.47. The molecule has 1 heterocycles. The number of thiocarbonyl (C=S) groups is 1. The number of ether oxygens (including phenoxy) is 2. The van der Waals surface area contributed by atoms with Gasteiger partial charge in [0.1, 0.15) is 10.9 Å². The van der Waals surface area contributed by atoms with Crippen molar-refractivity contribution in [1.82, 2.24) is 4.90 Å². The van der Waals surface area contributed by atoms with Crippen molar-refractivity contribution < 1.29 is 14.3 Å². The van der Waals surface area contributed by atoms with Crippen LogP contribution in [0.15, 0.2) is 71.6 Å². The number of halogens is 1. The lowest BCUT2D eigenvalue weighted by Crippen LogP contribution is -2.27. The molecule has 7 heteroatoms. The first kappa shape index (κ1) is 23.4. The second-order valence-corrected chi connectivity index (χ2v) is 9.69. The van der Waals surface area contributed by atoms with Crippen molar-refractivity contribution in [2.45, 2.75) is 20.1 Å². The molecular formula is C26H22ClNO3S2. The molecule has 1 aliphatic rings. The minimum atomic E-state index is -0.0902. The number of thioether (sulfide) groups is 1. The van der Waals surface area contributed by atoms with E-state index in [0.29, 0.717) is 38.9 Å². The van der Waals surface area contributed by atoms with Gasteiger partial charge in [0.25, 0.3) is 5.91 Å². The summed E-state index contributed by atoms with van der Waals surface area (Å²) in [7, 11) is 1.59. The molecule has 0 unspecified atom stereocenters. The summed E-state index contributed by atoms with van der Waals surface area (Å²) < 4.78 is 12.0. The molecule has 0 bridgehead atoms.